The van der Waals surface area contributed by atoms with E-state index in [4.69, 9.17) is 5.73 Å². The van der Waals surface area contributed by atoms with Gasteiger partial charge >= 0.3 is 0 Å². The Labute approximate surface area is 149 Å². The lowest BCUT2D eigenvalue weighted by Crippen LogP contribution is -2.39. The first-order chi connectivity index (χ1) is 11.6. The van der Waals surface area contributed by atoms with Gasteiger partial charge in [0.2, 0.25) is 0 Å². The molecule has 0 unspecified atom stereocenters. The number of rotatable bonds is 6. The number of aryl methyl sites for hydroxylation is 1. The molecule has 2 N–H and O–H groups in total. The van der Waals surface area contributed by atoms with Gasteiger partial charge in [0.25, 0.3) is 15.9 Å². The maximum Gasteiger partial charge on any atom is 0.267 e. The average molecular weight is 363 g/mol. The molecule has 1 aromatic heterocycles. The third-order valence-electron chi connectivity index (χ3n) is 4.08. The molecule has 0 radical (unpaired) electrons. The van der Waals surface area contributed by atoms with Crippen LogP contribution in [0.1, 0.15) is 29.8 Å². The molecule has 25 heavy (non-hydrogen) atoms. The molecule has 0 fully saturated rings. The molecule has 7 heteroatoms. The average Bonchev–Trinajstić information content (AvgIpc) is 3.05. The minimum atomic E-state index is -3.71. The van der Waals surface area contributed by atoms with Crippen molar-refractivity contribution in [2.45, 2.75) is 25.7 Å². The van der Waals surface area contributed by atoms with Crippen LogP contribution in [0.15, 0.2) is 47.6 Å². The maximum atomic E-state index is 12.6. The zero-order chi connectivity index (χ0) is 18.8. The lowest BCUT2D eigenvalue weighted by Gasteiger charge is -2.28. The number of hydrogen-bond acceptors (Lipinski definition) is 4. The summed E-state index contributed by atoms with van der Waals surface area (Å²) in [5, 5.41) is 0. The molecular formula is C18H25N3O3S. The Balaban J connectivity index is 2.24. The van der Waals surface area contributed by atoms with Crippen LogP contribution in [0.2, 0.25) is 0 Å². The van der Waals surface area contributed by atoms with E-state index in [9.17, 15) is 13.2 Å². The Kier molecular flexibility index (Phi) is 5.39. The SMILES string of the molecule is Cc1ccc(S(=O)(=O)n2ccc(C(=O)N(C)CC(C)(C)CN)c2)cc1. The van der Waals surface area contributed by atoms with Crippen molar-refractivity contribution in [1.82, 2.24) is 8.87 Å². The maximum absolute atomic E-state index is 12.6. The first kappa shape index (κ1) is 19.2. The Morgan fingerprint density at radius 3 is 2.36 bits per heavy atom. The molecule has 0 bridgehead atoms. The summed E-state index contributed by atoms with van der Waals surface area (Å²) in [5.74, 6) is -0.237. The minimum Gasteiger partial charge on any atom is -0.341 e. The molecule has 0 aliphatic carbocycles. The van der Waals surface area contributed by atoms with E-state index in [0.29, 0.717) is 18.7 Å². The van der Waals surface area contributed by atoms with Crippen LogP contribution >= 0.6 is 0 Å². The fourth-order valence-corrected chi connectivity index (χ4v) is 3.68. The van der Waals surface area contributed by atoms with E-state index in [1.807, 2.05) is 20.8 Å². The van der Waals surface area contributed by atoms with Crippen LogP contribution in [0.4, 0.5) is 0 Å². The van der Waals surface area contributed by atoms with Crippen LogP contribution in [0.5, 0.6) is 0 Å². The third-order valence-corrected chi connectivity index (χ3v) is 5.73. The normalized spacial score (nSPS) is 12.2. The van der Waals surface area contributed by atoms with Crippen molar-refractivity contribution < 1.29 is 13.2 Å². The molecule has 136 valence electrons. The van der Waals surface area contributed by atoms with Crippen molar-refractivity contribution in [3.8, 4) is 0 Å². The Morgan fingerprint density at radius 1 is 1.20 bits per heavy atom. The summed E-state index contributed by atoms with van der Waals surface area (Å²) < 4.78 is 26.4. The summed E-state index contributed by atoms with van der Waals surface area (Å²) in [7, 11) is -2.02. The molecule has 0 aliphatic rings. The Bertz CT molecular complexity index is 852. The minimum absolute atomic E-state index is 0.185. The molecule has 1 aromatic carbocycles. The van der Waals surface area contributed by atoms with Crippen molar-refractivity contribution in [3.63, 3.8) is 0 Å². The fourth-order valence-electron chi connectivity index (χ4n) is 2.48. The van der Waals surface area contributed by atoms with E-state index in [2.05, 4.69) is 0 Å². The molecule has 0 atom stereocenters. The van der Waals surface area contributed by atoms with Crippen molar-refractivity contribution in [3.05, 3.63) is 53.9 Å². The molecule has 0 aliphatic heterocycles. The van der Waals surface area contributed by atoms with E-state index in [0.717, 1.165) is 9.54 Å². The summed E-state index contributed by atoms with van der Waals surface area (Å²) in [6.45, 7) is 6.78. The highest BCUT2D eigenvalue weighted by atomic mass is 32.2. The second kappa shape index (κ2) is 7.01. The standard InChI is InChI=1S/C18H25N3O3S/c1-14-5-7-16(8-6-14)25(23,24)21-10-9-15(11-21)17(22)20(4)13-18(2,3)12-19/h5-11H,12-13,19H2,1-4H3. The lowest BCUT2D eigenvalue weighted by atomic mass is 9.93. The number of hydrogen-bond donors (Lipinski definition) is 1. The van der Waals surface area contributed by atoms with Gasteiger partial charge in [-0.25, -0.2) is 12.4 Å². The first-order valence-corrected chi connectivity index (χ1v) is 9.47. The quantitative estimate of drug-likeness (QED) is 0.851. The van der Waals surface area contributed by atoms with Crippen molar-refractivity contribution >= 4 is 15.9 Å². The molecule has 0 saturated carbocycles. The van der Waals surface area contributed by atoms with Crippen molar-refractivity contribution in [2.75, 3.05) is 20.1 Å². The van der Waals surface area contributed by atoms with E-state index in [-0.39, 0.29) is 16.2 Å². The summed E-state index contributed by atoms with van der Waals surface area (Å²) in [6.07, 6.45) is 2.74. The van der Waals surface area contributed by atoms with Gasteiger partial charge in [-0.3, -0.25) is 4.79 Å². The Morgan fingerprint density at radius 2 is 1.80 bits per heavy atom. The van der Waals surface area contributed by atoms with Gasteiger partial charge in [0, 0.05) is 26.0 Å². The lowest BCUT2D eigenvalue weighted by molar-refractivity contribution is 0.0740. The third kappa shape index (κ3) is 4.29. The predicted octanol–water partition coefficient (Wildman–Crippen LogP) is 2.09. The molecule has 6 nitrogen and oxygen atoms in total. The van der Waals surface area contributed by atoms with E-state index >= 15 is 0 Å². The first-order valence-electron chi connectivity index (χ1n) is 8.03. The second-order valence-electron chi connectivity index (χ2n) is 7.08. The topological polar surface area (TPSA) is 85.4 Å². The number of benzene rings is 1. The highest BCUT2D eigenvalue weighted by Crippen LogP contribution is 2.18. The fraction of sp³-hybridized carbons (Fsp3) is 0.389. The van der Waals surface area contributed by atoms with Crippen LogP contribution in [0.3, 0.4) is 0 Å². The van der Waals surface area contributed by atoms with Crippen LogP contribution < -0.4 is 5.73 Å². The second-order valence-corrected chi connectivity index (χ2v) is 8.92. The molecule has 0 spiro atoms. The molecule has 2 rings (SSSR count). The molecule has 2 aromatic rings. The number of carbonyl (C=O) groups excluding carboxylic acids is 1. The zero-order valence-electron chi connectivity index (χ0n) is 15.1. The van der Waals surface area contributed by atoms with Gasteiger partial charge in [-0.1, -0.05) is 31.5 Å². The molecule has 1 amide bonds. The van der Waals surface area contributed by atoms with Gasteiger partial charge in [0.1, 0.15) is 0 Å². The Hall–Kier alpha value is -2.12. The summed E-state index contributed by atoms with van der Waals surface area (Å²) in [4.78, 5) is 14.3. The number of nitrogens with zero attached hydrogens (tertiary/aromatic N) is 2. The number of aromatic nitrogens is 1. The molecule has 0 saturated heterocycles. The number of carbonyl (C=O) groups is 1. The van der Waals surface area contributed by atoms with Gasteiger partial charge in [-0.15, -0.1) is 0 Å². The van der Waals surface area contributed by atoms with E-state index < -0.39 is 10.0 Å². The summed E-state index contributed by atoms with van der Waals surface area (Å²) in [5.41, 5.74) is 6.80. The van der Waals surface area contributed by atoms with Gasteiger partial charge in [-0.05, 0) is 37.1 Å². The van der Waals surface area contributed by atoms with Gasteiger partial charge < -0.3 is 10.6 Å². The molecule has 1 heterocycles. The highest BCUT2D eigenvalue weighted by Gasteiger charge is 2.24. The van der Waals surface area contributed by atoms with Crippen molar-refractivity contribution in [2.24, 2.45) is 11.1 Å². The zero-order valence-corrected chi connectivity index (χ0v) is 15.9. The van der Waals surface area contributed by atoms with E-state index in [1.54, 1.807) is 36.2 Å². The largest absolute Gasteiger partial charge is 0.341 e. The van der Waals surface area contributed by atoms with Crippen LogP contribution in [-0.4, -0.2) is 43.3 Å². The number of amides is 1. The number of nitrogens with two attached hydrogens (primary N) is 1. The monoisotopic (exact) mass is 363 g/mol. The van der Waals surface area contributed by atoms with Gasteiger partial charge in [0.05, 0.1) is 10.5 Å². The van der Waals surface area contributed by atoms with Crippen LogP contribution in [0.25, 0.3) is 0 Å². The van der Waals surface area contributed by atoms with Crippen molar-refractivity contribution in [1.29, 1.82) is 0 Å². The van der Waals surface area contributed by atoms with Gasteiger partial charge in [0.15, 0.2) is 0 Å². The summed E-state index contributed by atoms with van der Waals surface area (Å²) >= 11 is 0. The van der Waals surface area contributed by atoms with E-state index in [1.165, 1.54) is 18.5 Å². The van der Waals surface area contributed by atoms with Gasteiger partial charge in [-0.2, -0.15) is 0 Å². The smallest absolute Gasteiger partial charge is 0.267 e. The van der Waals surface area contributed by atoms with Crippen LogP contribution in [0, 0.1) is 12.3 Å². The van der Waals surface area contributed by atoms with Crippen LogP contribution in [-0.2, 0) is 10.0 Å². The highest BCUT2D eigenvalue weighted by molar-refractivity contribution is 7.90. The summed E-state index contributed by atoms with van der Waals surface area (Å²) in [6, 6.07) is 8.11. The molecular weight excluding hydrogens is 338 g/mol. The predicted molar refractivity (Wildman–Crippen MR) is 98.0 cm³/mol.